The highest BCUT2D eigenvalue weighted by Crippen LogP contribution is 2.35. The molecule has 31 heavy (non-hydrogen) atoms. The first kappa shape index (κ1) is 19.0. The zero-order valence-electron chi connectivity index (χ0n) is 16.9. The largest absolute Gasteiger partial charge is 0.497 e. The molecule has 1 aromatic carbocycles. The number of carbonyl (C=O) groups excluding carboxylic acids is 1. The van der Waals surface area contributed by atoms with E-state index in [1.54, 1.807) is 14.0 Å². The number of aromatic amines is 2. The minimum absolute atomic E-state index is 0.0503. The van der Waals surface area contributed by atoms with Crippen LogP contribution in [0.5, 0.6) is 5.75 Å². The van der Waals surface area contributed by atoms with Crippen molar-refractivity contribution in [2.24, 2.45) is 0 Å². The third-order valence-corrected chi connectivity index (χ3v) is 5.66. The average molecular weight is 417 g/mol. The molecule has 2 N–H and O–H groups in total. The Bertz CT molecular complexity index is 1450. The Morgan fingerprint density at radius 1 is 1.13 bits per heavy atom. The van der Waals surface area contributed by atoms with Crippen LogP contribution in [0.1, 0.15) is 39.5 Å². The second kappa shape index (κ2) is 7.05. The number of carbonyl (C=O) groups is 1. The van der Waals surface area contributed by atoms with Crippen molar-refractivity contribution < 1.29 is 9.53 Å². The fourth-order valence-corrected chi connectivity index (χ4v) is 4.17. The lowest BCUT2D eigenvalue weighted by molar-refractivity contribution is 0.0964. The first-order valence-corrected chi connectivity index (χ1v) is 9.82. The van der Waals surface area contributed by atoms with Crippen molar-refractivity contribution in [3.05, 3.63) is 79.6 Å². The molecule has 0 unspecified atom stereocenters. The van der Waals surface area contributed by atoms with Crippen molar-refractivity contribution in [3.8, 4) is 11.7 Å². The van der Waals surface area contributed by atoms with Gasteiger partial charge in [0.05, 0.1) is 12.5 Å². The van der Waals surface area contributed by atoms with Crippen LogP contribution in [0.25, 0.3) is 17.0 Å². The molecular weight excluding hydrogens is 398 g/mol. The molecule has 1 aliphatic rings. The lowest BCUT2D eigenvalue weighted by Crippen LogP contribution is -2.24. The summed E-state index contributed by atoms with van der Waals surface area (Å²) in [7, 11) is 1.60. The number of methoxy groups -OCH3 is 1. The fourth-order valence-electron chi connectivity index (χ4n) is 4.17. The topological polar surface area (TPSA) is 123 Å². The first-order chi connectivity index (χ1) is 14.9. The van der Waals surface area contributed by atoms with Gasteiger partial charge in [0, 0.05) is 29.9 Å². The maximum Gasteiger partial charge on any atom is 0.283 e. The number of H-pyrrole nitrogens is 2. The van der Waals surface area contributed by atoms with Gasteiger partial charge in [0.15, 0.2) is 11.4 Å². The predicted molar refractivity (Wildman–Crippen MR) is 113 cm³/mol. The second-order valence-corrected chi connectivity index (χ2v) is 7.64. The molecule has 0 radical (unpaired) electrons. The Hall–Kier alpha value is -4.01. The minimum Gasteiger partial charge on any atom is -0.497 e. The number of hydrogen-bond acceptors (Lipinski definition) is 6. The molecule has 9 heteroatoms. The van der Waals surface area contributed by atoms with Crippen molar-refractivity contribution in [1.29, 1.82) is 0 Å². The van der Waals surface area contributed by atoms with Crippen LogP contribution in [-0.2, 0) is 6.42 Å². The summed E-state index contributed by atoms with van der Waals surface area (Å²) >= 11 is 0. The quantitative estimate of drug-likeness (QED) is 0.526. The summed E-state index contributed by atoms with van der Waals surface area (Å²) in [6, 6.07) is 8.95. The number of fused-ring (bicyclic) bond motifs is 3. The molecule has 0 amide bonds. The molecule has 0 saturated heterocycles. The number of Topliss-reactive ketones (excluding diaryl/α,β-unsaturated/α-hetero) is 1. The summed E-state index contributed by atoms with van der Waals surface area (Å²) < 4.78 is 6.37. The van der Waals surface area contributed by atoms with Crippen LogP contribution in [0.2, 0.25) is 0 Å². The van der Waals surface area contributed by atoms with Crippen LogP contribution in [0.15, 0.2) is 46.1 Å². The highest BCUT2D eigenvalue weighted by atomic mass is 16.5. The van der Waals surface area contributed by atoms with Crippen molar-refractivity contribution in [1.82, 2.24) is 24.7 Å². The van der Waals surface area contributed by atoms with E-state index in [9.17, 15) is 14.4 Å². The zero-order chi connectivity index (χ0) is 21.7. The molecule has 0 spiro atoms. The van der Waals surface area contributed by atoms with E-state index in [2.05, 4.69) is 20.1 Å². The van der Waals surface area contributed by atoms with Crippen molar-refractivity contribution in [3.63, 3.8) is 0 Å². The monoisotopic (exact) mass is 417 g/mol. The Kier molecular flexibility index (Phi) is 4.32. The number of aromatic nitrogens is 5. The molecule has 1 aliphatic carbocycles. The van der Waals surface area contributed by atoms with E-state index in [4.69, 9.17) is 4.74 Å². The molecule has 3 aromatic heterocycles. The van der Waals surface area contributed by atoms with Crippen molar-refractivity contribution in [2.75, 3.05) is 7.11 Å². The van der Waals surface area contributed by atoms with Crippen LogP contribution in [0.3, 0.4) is 0 Å². The number of hydrogen-bond donors (Lipinski definition) is 2. The van der Waals surface area contributed by atoms with Crippen molar-refractivity contribution >= 4 is 16.8 Å². The summed E-state index contributed by atoms with van der Waals surface area (Å²) in [5, 5.41) is 3.24. The highest BCUT2D eigenvalue weighted by Gasteiger charge is 2.30. The molecule has 3 heterocycles. The lowest BCUT2D eigenvalue weighted by atomic mass is 9.79. The normalized spacial score (nSPS) is 15.8. The van der Waals surface area contributed by atoms with Crippen LogP contribution < -0.4 is 15.9 Å². The molecule has 5 rings (SSSR count). The van der Waals surface area contributed by atoms with E-state index < -0.39 is 5.56 Å². The van der Waals surface area contributed by atoms with Crippen LogP contribution >= 0.6 is 0 Å². The Morgan fingerprint density at radius 3 is 2.61 bits per heavy atom. The van der Waals surface area contributed by atoms with E-state index in [0.29, 0.717) is 40.7 Å². The van der Waals surface area contributed by atoms with Gasteiger partial charge >= 0.3 is 0 Å². The first-order valence-electron chi connectivity index (χ1n) is 9.82. The van der Waals surface area contributed by atoms with Gasteiger partial charge in [-0.3, -0.25) is 24.5 Å². The molecule has 0 saturated carbocycles. The third kappa shape index (κ3) is 3.14. The third-order valence-electron chi connectivity index (χ3n) is 5.66. The van der Waals surface area contributed by atoms with E-state index in [1.807, 2.05) is 24.3 Å². The number of nitrogens with one attached hydrogen (secondary N) is 2. The van der Waals surface area contributed by atoms with Gasteiger partial charge in [-0.25, -0.2) is 9.97 Å². The summed E-state index contributed by atoms with van der Waals surface area (Å²) in [4.78, 5) is 49.0. The molecule has 0 aliphatic heterocycles. The summed E-state index contributed by atoms with van der Waals surface area (Å²) in [5.74, 6) is 0.712. The SMILES string of the molecule is COc1ccc([C@H]2CC(=O)c3cnc4[nH]n(-c5nc(C)cc(=O)[nH]5)c(=O)c4c3C2)cc1. The Labute approximate surface area is 175 Å². The van der Waals surface area contributed by atoms with Gasteiger partial charge in [-0.2, -0.15) is 4.68 Å². The standard InChI is InChI=1S/C22H19N5O4/c1-11-7-18(29)25-22(24-11)27-21(30)19-15-8-13(12-3-5-14(31-2)6-4-12)9-17(28)16(15)10-23-20(19)26-27/h3-7,10,13H,8-9H2,1-2H3,(H,23,26)(H,24,25,29)/t13-/m1/s1. The van der Waals surface area contributed by atoms with Gasteiger partial charge in [-0.05, 0) is 42.5 Å². The fraction of sp³-hybridized carbons (Fsp3) is 0.227. The van der Waals surface area contributed by atoms with Crippen LogP contribution in [0, 0.1) is 6.92 Å². The zero-order valence-corrected chi connectivity index (χ0v) is 16.9. The maximum absolute atomic E-state index is 13.3. The Balaban J connectivity index is 1.65. The number of ketones is 1. The lowest BCUT2D eigenvalue weighted by Gasteiger charge is -2.24. The van der Waals surface area contributed by atoms with Gasteiger partial charge < -0.3 is 4.74 Å². The molecule has 4 aromatic rings. The van der Waals surface area contributed by atoms with E-state index in [0.717, 1.165) is 16.0 Å². The van der Waals surface area contributed by atoms with E-state index in [-0.39, 0.29) is 23.2 Å². The van der Waals surface area contributed by atoms with E-state index >= 15 is 0 Å². The van der Waals surface area contributed by atoms with E-state index in [1.165, 1.54) is 12.3 Å². The molecular formula is C22H19N5O4. The maximum atomic E-state index is 13.3. The minimum atomic E-state index is -0.406. The number of aryl methyl sites for hydroxylation is 1. The average Bonchev–Trinajstić information content (AvgIpc) is 3.10. The highest BCUT2D eigenvalue weighted by molar-refractivity contribution is 6.02. The van der Waals surface area contributed by atoms with Crippen LogP contribution in [-0.4, -0.2) is 37.6 Å². The number of nitrogens with zero attached hydrogens (tertiary/aromatic N) is 3. The van der Waals surface area contributed by atoms with Gasteiger partial charge in [-0.15, -0.1) is 0 Å². The number of rotatable bonds is 3. The molecule has 9 nitrogen and oxygen atoms in total. The molecule has 0 bridgehead atoms. The molecule has 156 valence electrons. The van der Waals surface area contributed by atoms with Gasteiger partial charge in [0.1, 0.15) is 5.75 Å². The van der Waals surface area contributed by atoms with Gasteiger partial charge in [0.25, 0.3) is 11.1 Å². The van der Waals surface area contributed by atoms with Crippen LogP contribution in [0.4, 0.5) is 0 Å². The summed E-state index contributed by atoms with van der Waals surface area (Å²) in [6.45, 7) is 1.67. The molecule has 1 atom stereocenters. The number of pyridine rings is 1. The smallest absolute Gasteiger partial charge is 0.283 e. The summed E-state index contributed by atoms with van der Waals surface area (Å²) in [5.41, 5.74) is 2.19. The van der Waals surface area contributed by atoms with Gasteiger partial charge in [0.2, 0.25) is 5.95 Å². The molecule has 0 fully saturated rings. The van der Waals surface area contributed by atoms with Crippen molar-refractivity contribution in [2.45, 2.75) is 25.7 Å². The predicted octanol–water partition coefficient (Wildman–Crippen LogP) is 2.03. The Morgan fingerprint density at radius 2 is 1.90 bits per heavy atom. The van der Waals surface area contributed by atoms with Gasteiger partial charge in [-0.1, -0.05) is 12.1 Å². The number of benzene rings is 1. The second-order valence-electron chi connectivity index (χ2n) is 7.64. The number of ether oxygens (including phenoxy) is 1. The summed E-state index contributed by atoms with van der Waals surface area (Å²) in [6.07, 6.45) is 2.38.